The first-order valence-corrected chi connectivity index (χ1v) is 3.63. The van der Waals surface area contributed by atoms with Gasteiger partial charge in [-0.25, -0.2) is 9.78 Å². The lowest BCUT2D eigenvalue weighted by molar-refractivity contribution is -0.142. The number of pyridine rings is 1. The minimum Gasteiger partial charge on any atom is -0.316 e. The van der Waals surface area contributed by atoms with Crippen LogP contribution in [-0.2, 0) is 4.79 Å². The molecule has 2 rings (SSSR count). The fourth-order valence-electron chi connectivity index (χ4n) is 0.928. The molecule has 2 aromatic rings. The predicted molar refractivity (Wildman–Crippen MR) is 42.6 cm³/mol. The van der Waals surface area contributed by atoms with E-state index in [0.717, 1.165) is 4.85 Å². The topological polar surface area (TPSA) is 69.9 Å². The summed E-state index contributed by atoms with van der Waals surface area (Å²) < 4.78 is 0. The summed E-state index contributed by atoms with van der Waals surface area (Å²) in [5, 5.41) is 7.34. The van der Waals surface area contributed by atoms with Crippen LogP contribution in [0, 0.1) is 0 Å². The molecule has 0 N–H and O–H groups in total. The molecule has 0 atom stereocenters. The third-order valence-corrected chi connectivity index (χ3v) is 1.40. The third kappa shape index (κ3) is 1.33. The highest BCUT2D eigenvalue weighted by molar-refractivity contribution is 5.71. The normalized spacial score (nSPS) is 10.2. The Balaban J connectivity index is 2.51. The van der Waals surface area contributed by atoms with Gasteiger partial charge in [-0.1, -0.05) is 0 Å². The van der Waals surface area contributed by atoms with Crippen LogP contribution in [0.25, 0.3) is 11.2 Å². The molecule has 0 aliphatic carbocycles. The van der Waals surface area contributed by atoms with E-state index in [1.54, 1.807) is 18.3 Å². The molecule has 0 saturated carbocycles. The molecule has 0 unspecified atom stereocenters. The minimum atomic E-state index is -0.461. The molecule has 0 radical (unpaired) electrons. The summed E-state index contributed by atoms with van der Waals surface area (Å²) in [5.74, 6) is -0.461. The Kier molecular flexibility index (Phi) is 1.66. The van der Waals surface area contributed by atoms with Crippen molar-refractivity contribution in [3.8, 4) is 0 Å². The number of nitrogens with zero attached hydrogens (tertiary/aromatic N) is 4. The zero-order chi connectivity index (χ0) is 9.26. The molecule has 13 heavy (non-hydrogen) atoms. The second-order valence-corrected chi connectivity index (χ2v) is 2.39. The lowest BCUT2D eigenvalue weighted by Gasteiger charge is -1.96. The van der Waals surface area contributed by atoms with Crippen molar-refractivity contribution < 1.29 is 9.63 Å². The molecule has 0 spiro atoms. The molecular weight excluding hydrogens is 172 g/mol. The predicted octanol–water partition coefficient (Wildman–Crippen LogP) is -0.199. The van der Waals surface area contributed by atoms with Gasteiger partial charge in [0.1, 0.15) is 5.52 Å². The van der Waals surface area contributed by atoms with E-state index in [1.807, 2.05) is 0 Å². The summed E-state index contributed by atoms with van der Waals surface area (Å²) >= 11 is 0. The Morgan fingerprint density at radius 1 is 1.62 bits per heavy atom. The maximum atomic E-state index is 10.6. The number of hydrogen-bond donors (Lipinski definition) is 0. The molecule has 0 amide bonds. The van der Waals surface area contributed by atoms with Crippen LogP contribution < -0.4 is 4.84 Å². The minimum absolute atomic E-state index is 0.428. The van der Waals surface area contributed by atoms with Crippen LogP contribution in [0.5, 0.6) is 0 Å². The molecule has 6 heteroatoms. The molecule has 0 aromatic carbocycles. The van der Waals surface area contributed by atoms with Crippen molar-refractivity contribution in [3.05, 3.63) is 18.3 Å². The first kappa shape index (κ1) is 7.66. The summed E-state index contributed by atoms with van der Waals surface area (Å²) in [6.45, 7) is 1.29. The largest absolute Gasteiger partial charge is 0.332 e. The average Bonchev–Trinajstić information content (AvgIpc) is 2.48. The molecule has 0 aliphatic rings. The summed E-state index contributed by atoms with van der Waals surface area (Å²) in [5.41, 5.74) is 1.02. The van der Waals surface area contributed by atoms with E-state index in [2.05, 4.69) is 15.3 Å². The number of carbonyl (C=O) groups is 1. The van der Waals surface area contributed by atoms with Gasteiger partial charge in [-0.05, 0) is 22.2 Å². The standard InChI is InChI=1S/C7H6N4O2/c1-5(12)13-11-7-6(9-10-11)3-2-4-8-7/h2-4H,1H3. The molecule has 0 saturated heterocycles. The molecule has 0 aliphatic heterocycles. The lowest BCUT2D eigenvalue weighted by Crippen LogP contribution is -2.18. The number of rotatable bonds is 1. The van der Waals surface area contributed by atoms with Gasteiger partial charge < -0.3 is 4.84 Å². The number of hydrogen-bond acceptors (Lipinski definition) is 5. The Morgan fingerprint density at radius 2 is 2.46 bits per heavy atom. The highest BCUT2D eigenvalue weighted by atomic mass is 16.7. The summed E-state index contributed by atoms with van der Waals surface area (Å²) in [6, 6.07) is 3.46. The molecule has 2 heterocycles. The van der Waals surface area contributed by atoms with Crippen molar-refractivity contribution in [2.75, 3.05) is 0 Å². The highest BCUT2D eigenvalue weighted by Gasteiger charge is 2.06. The van der Waals surface area contributed by atoms with Gasteiger partial charge in [-0.3, -0.25) is 0 Å². The van der Waals surface area contributed by atoms with Gasteiger partial charge in [0.05, 0.1) is 0 Å². The summed E-state index contributed by atoms with van der Waals surface area (Å²) in [4.78, 5) is 20.3. The zero-order valence-electron chi connectivity index (χ0n) is 6.84. The van der Waals surface area contributed by atoms with E-state index in [1.165, 1.54) is 6.92 Å². The van der Waals surface area contributed by atoms with Crippen LogP contribution >= 0.6 is 0 Å². The van der Waals surface area contributed by atoms with E-state index >= 15 is 0 Å². The van der Waals surface area contributed by atoms with Crippen molar-refractivity contribution in [2.45, 2.75) is 6.92 Å². The van der Waals surface area contributed by atoms with Crippen LogP contribution in [0.2, 0.25) is 0 Å². The highest BCUT2D eigenvalue weighted by Crippen LogP contribution is 2.03. The Labute approximate surface area is 73.1 Å². The van der Waals surface area contributed by atoms with Crippen molar-refractivity contribution in [2.24, 2.45) is 0 Å². The van der Waals surface area contributed by atoms with E-state index in [4.69, 9.17) is 4.84 Å². The van der Waals surface area contributed by atoms with Crippen molar-refractivity contribution >= 4 is 17.1 Å². The second kappa shape index (κ2) is 2.81. The van der Waals surface area contributed by atoms with Gasteiger partial charge in [0.2, 0.25) is 5.65 Å². The van der Waals surface area contributed by atoms with Crippen molar-refractivity contribution in [1.29, 1.82) is 0 Å². The number of carbonyl (C=O) groups excluding carboxylic acids is 1. The molecule has 6 nitrogen and oxygen atoms in total. The molecule has 0 fully saturated rings. The van der Waals surface area contributed by atoms with Gasteiger partial charge in [0.15, 0.2) is 0 Å². The van der Waals surface area contributed by atoms with Crippen LogP contribution in [-0.4, -0.2) is 26.1 Å². The van der Waals surface area contributed by atoms with E-state index in [9.17, 15) is 4.79 Å². The van der Waals surface area contributed by atoms with Gasteiger partial charge in [-0.2, -0.15) is 0 Å². The smallest absolute Gasteiger partial charge is 0.316 e. The van der Waals surface area contributed by atoms with E-state index in [-0.39, 0.29) is 0 Å². The monoisotopic (exact) mass is 178 g/mol. The quantitative estimate of drug-likeness (QED) is 0.565. The fourth-order valence-corrected chi connectivity index (χ4v) is 0.928. The number of aromatic nitrogens is 4. The summed E-state index contributed by atoms with van der Waals surface area (Å²) in [6.07, 6.45) is 1.58. The zero-order valence-corrected chi connectivity index (χ0v) is 6.84. The van der Waals surface area contributed by atoms with E-state index < -0.39 is 5.97 Å². The SMILES string of the molecule is CC(=O)On1nnc2cccnc21. The first-order valence-electron chi connectivity index (χ1n) is 3.63. The molecular formula is C7H6N4O2. The number of fused-ring (bicyclic) bond motifs is 1. The van der Waals surface area contributed by atoms with Crippen LogP contribution in [0.15, 0.2) is 18.3 Å². The van der Waals surface area contributed by atoms with Gasteiger partial charge >= 0.3 is 5.97 Å². The maximum absolute atomic E-state index is 10.6. The third-order valence-electron chi connectivity index (χ3n) is 1.40. The molecule has 2 aromatic heterocycles. The van der Waals surface area contributed by atoms with Crippen molar-refractivity contribution in [3.63, 3.8) is 0 Å². The van der Waals surface area contributed by atoms with Gasteiger partial charge in [0, 0.05) is 13.1 Å². The average molecular weight is 178 g/mol. The maximum Gasteiger partial charge on any atom is 0.332 e. The van der Waals surface area contributed by atoms with Crippen LogP contribution in [0.3, 0.4) is 0 Å². The Morgan fingerprint density at radius 3 is 3.23 bits per heavy atom. The van der Waals surface area contributed by atoms with Crippen LogP contribution in [0.1, 0.15) is 6.92 Å². The molecule has 66 valence electrons. The van der Waals surface area contributed by atoms with Gasteiger partial charge in [-0.15, -0.1) is 5.10 Å². The lowest BCUT2D eigenvalue weighted by atomic mass is 10.4. The molecule has 0 bridgehead atoms. The Hall–Kier alpha value is -1.98. The van der Waals surface area contributed by atoms with Gasteiger partial charge in [0.25, 0.3) is 0 Å². The van der Waals surface area contributed by atoms with Crippen molar-refractivity contribution in [1.82, 2.24) is 20.1 Å². The fraction of sp³-hybridized carbons (Fsp3) is 0.143. The van der Waals surface area contributed by atoms with Crippen LogP contribution in [0.4, 0.5) is 0 Å². The first-order chi connectivity index (χ1) is 6.27. The second-order valence-electron chi connectivity index (χ2n) is 2.39. The Bertz CT molecular complexity index is 450. The summed E-state index contributed by atoms with van der Waals surface area (Å²) in [7, 11) is 0. The van der Waals surface area contributed by atoms with E-state index in [0.29, 0.717) is 11.2 Å².